The summed E-state index contributed by atoms with van der Waals surface area (Å²) in [5.74, 6) is 1.65. The van der Waals surface area contributed by atoms with Crippen LogP contribution in [0.3, 0.4) is 0 Å². The van der Waals surface area contributed by atoms with Crippen molar-refractivity contribution in [3.63, 3.8) is 0 Å². The van der Waals surface area contributed by atoms with Crippen LogP contribution in [0.4, 0.5) is 0 Å². The van der Waals surface area contributed by atoms with E-state index in [0.717, 1.165) is 18.1 Å². The van der Waals surface area contributed by atoms with Gasteiger partial charge in [0.1, 0.15) is 5.82 Å². The highest BCUT2D eigenvalue weighted by Gasteiger charge is 2.06. The molecule has 0 aliphatic rings. The molecule has 0 aliphatic carbocycles. The molecule has 0 aliphatic heterocycles. The van der Waals surface area contributed by atoms with Crippen LogP contribution in [0.1, 0.15) is 32.3 Å². The third-order valence-electron chi connectivity index (χ3n) is 2.37. The summed E-state index contributed by atoms with van der Waals surface area (Å²) in [6.07, 6.45) is 1.88. The highest BCUT2D eigenvalue weighted by Crippen LogP contribution is 2.01. The number of aryl methyl sites for hydroxylation is 1. The van der Waals surface area contributed by atoms with E-state index in [1.54, 1.807) is 0 Å². The second kappa shape index (κ2) is 4.42. The maximum Gasteiger partial charge on any atom is 0.103 e. The Bertz CT molecular complexity index is 252. The zero-order valence-corrected chi connectivity index (χ0v) is 8.89. The number of aromatic nitrogens is 2. The fourth-order valence-corrected chi connectivity index (χ4v) is 1.07. The average Bonchev–Trinajstić information content (AvgIpc) is 2.47. The smallest absolute Gasteiger partial charge is 0.103 e. The first kappa shape index (κ1) is 10.3. The first-order valence-corrected chi connectivity index (χ1v) is 4.83. The van der Waals surface area contributed by atoms with Gasteiger partial charge >= 0.3 is 0 Å². The lowest BCUT2D eigenvalue weighted by atomic mass is 10.1. The van der Waals surface area contributed by atoms with Gasteiger partial charge in [0.15, 0.2) is 0 Å². The molecule has 0 saturated heterocycles. The molecule has 3 heteroatoms. The second-order valence-corrected chi connectivity index (χ2v) is 3.91. The number of imidazole rings is 1. The van der Waals surface area contributed by atoms with E-state index in [1.807, 2.05) is 13.1 Å². The summed E-state index contributed by atoms with van der Waals surface area (Å²) in [5.41, 5.74) is 1.16. The quantitative estimate of drug-likeness (QED) is 0.744. The normalized spacial score (nSPS) is 13.6. The summed E-state index contributed by atoms with van der Waals surface area (Å²) in [7, 11) is 0. The maximum absolute atomic E-state index is 4.14. The van der Waals surface area contributed by atoms with Gasteiger partial charge in [-0.15, -0.1) is 0 Å². The van der Waals surface area contributed by atoms with Gasteiger partial charge in [-0.05, 0) is 19.8 Å². The summed E-state index contributed by atoms with van der Waals surface area (Å²) in [4.78, 5) is 7.34. The summed E-state index contributed by atoms with van der Waals surface area (Å²) >= 11 is 0. The molecule has 2 N–H and O–H groups in total. The number of nitrogens with one attached hydrogen (secondary N) is 2. The average molecular weight is 181 g/mol. The number of hydrogen-bond acceptors (Lipinski definition) is 2. The van der Waals surface area contributed by atoms with Crippen molar-refractivity contribution in [1.82, 2.24) is 15.3 Å². The number of nitrogens with zero attached hydrogens (tertiary/aromatic N) is 1. The van der Waals surface area contributed by atoms with Gasteiger partial charge in [-0.3, -0.25) is 0 Å². The van der Waals surface area contributed by atoms with Crippen molar-refractivity contribution in [3.05, 3.63) is 17.7 Å². The van der Waals surface area contributed by atoms with Gasteiger partial charge in [0.2, 0.25) is 0 Å². The molecular formula is C10H19N3. The van der Waals surface area contributed by atoms with Gasteiger partial charge in [0.05, 0.1) is 0 Å². The number of aromatic amines is 1. The zero-order chi connectivity index (χ0) is 9.84. The number of H-pyrrole nitrogens is 1. The molecule has 3 nitrogen and oxygen atoms in total. The van der Waals surface area contributed by atoms with E-state index in [0.29, 0.717) is 12.0 Å². The highest BCUT2D eigenvalue weighted by atomic mass is 15.0. The van der Waals surface area contributed by atoms with Crippen LogP contribution in [0.5, 0.6) is 0 Å². The molecule has 1 rings (SSSR count). The van der Waals surface area contributed by atoms with E-state index in [9.17, 15) is 0 Å². The molecule has 0 amide bonds. The second-order valence-electron chi connectivity index (χ2n) is 3.91. The van der Waals surface area contributed by atoms with Crippen LogP contribution in [0, 0.1) is 12.8 Å². The highest BCUT2D eigenvalue weighted by molar-refractivity contribution is 4.99. The fraction of sp³-hybridized carbons (Fsp3) is 0.700. The van der Waals surface area contributed by atoms with Crippen molar-refractivity contribution in [3.8, 4) is 0 Å². The van der Waals surface area contributed by atoms with Crippen LogP contribution in [-0.2, 0) is 6.54 Å². The first-order chi connectivity index (χ1) is 6.09. The third kappa shape index (κ3) is 3.19. The molecule has 0 radical (unpaired) electrons. The Morgan fingerprint density at radius 1 is 1.46 bits per heavy atom. The largest absolute Gasteiger partial charge is 0.345 e. The standard InChI is InChI=1S/C10H19N3/c1-7(2)8(3)11-5-10-6-12-9(4)13-10/h6-8,11H,5H2,1-4H3,(H,12,13). The van der Waals surface area contributed by atoms with E-state index in [-0.39, 0.29) is 0 Å². The molecule has 1 heterocycles. The molecule has 1 aromatic heterocycles. The predicted octanol–water partition coefficient (Wildman–Crippen LogP) is 1.85. The van der Waals surface area contributed by atoms with Gasteiger partial charge in [0.25, 0.3) is 0 Å². The Kier molecular flexibility index (Phi) is 3.48. The molecule has 0 aromatic carbocycles. The summed E-state index contributed by atoms with van der Waals surface area (Å²) in [5, 5.41) is 3.44. The topological polar surface area (TPSA) is 40.7 Å². The van der Waals surface area contributed by atoms with Crippen LogP contribution >= 0.6 is 0 Å². The van der Waals surface area contributed by atoms with Gasteiger partial charge < -0.3 is 10.3 Å². The lowest BCUT2D eigenvalue weighted by Crippen LogP contribution is -2.30. The molecule has 0 spiro atoms. The lowest BCUT2D eigenvalue weighted by Gasteiger charge is -2.16. The molecule has 1 atom stereocenters. The van der Waals surface area contributed by atoms with E-state index in [1.165, 1.54) is 0 Å². The van der Waals surface area contributed by atoms with Gasteiger partial charge in [0, 0.05) is 24.5 Å². The monoisotopic (exact) mass is 181 g/mol. The molecule has 1 unspecified atom stereocenters. The van der Waals surface area contributed by atoms with E-state index in [4.69, 9.17) is 0 Å². The van der Waals surface area contributed by atoms with Crippen molar-refractivity contribution in [2.45, 2.75) is 40.3 Å². The Morgan fingerprint density at radius 3 is 2.62 bits per heavy atom. The minimum Gasteiger partial charge on any atom is -0.345 e. The van der Waals surface area contributed by atoms with Crippen LogP contribution in [-0.4, -0.2) is 16.0 Å². The molecule has 0 saturated carbocycles. The van der Waals surface area contributed by atoms with Crippen LogP contribution in [0.2, 0.25) is 0 Å². The van der Waals surface area contributed by atoms with Crippen molar-refractivity contribution in [2.75, 3.05) is 0 Å². The van der Waals surface area contributed by atoms with Crippen LogP contribution in [0.15, 0.2) is 6.20 Å². The van der Waals surface area contributed by atoms with Crippen LogP contribution in [0.25, 0.3) is 0 Å². The number of rotatable bonds is 4. The van der Waals surface area contributed by atoms with E-state index < -0.39 is 0 Å². The minimum absolute atomic E-state index is 0.545. The van der Waals surface area contributed by atoms with Gasteiger partial charge in [-0.25, -0.2) is 4.98 Å². The Morgan fingerprint density at radius 2 is 2.15 bits per heavy atom. The fourth-order valence-electron chi connectivity index (χ4n) is 1.07. The summed E-state index contributed by atoms with van der Waals surface area (Å²) in [6, 6.07) is 0.545. The van der Waals surface area contributed by atoms with Crippen molar-refractivity contribution < 1.29 is 0 Å². The van der Waals surface area contributed by atoms with E-state index >= 15 is 0 Å². The Balaban J connectivity index is 2.35. The predicted molar refractivity (Wildman–Crippen MR) is 54.5 cm³/mol. The first-order valence-electron chi connectivity index (χ1n) is 4.83. The molecule has 0 bridgehead atoms. The Labute approximate surface area is 80.0 Å². The van der Waals surface area contributed by atoms with E-state index in [2.05, 4.69) is 36.1 Å². The SMILES string of the molecule is Cc1ncc(CNC(C)C(C)C)[nH]1. The molecular weight excluding hydrogens is 162 g/mol. The zero-order valence-electron chi connectivity index (χ0n) is 8.89. The van der Waals surface area contributed by atoms with Crippen molar-refractivity contribution in [2.24, 2.45) is 5.92 Å². The molecule has 74 valence electrons. The molecule has 13 heavy (non-hydrogen) atoms. The Hall–Kier alpha value is -0.830. The molecule has 0 fully saturated rings. The third-order valence-corrected chi connectivity index (χ3v) is 2.37. The number of hydrogen-bond donors (Lipinski definition) is 2. The van der Waals surface area contributed by atoms with Crippen LogP contribution < -0.4 is 5.32 Å². The maximum atomic E-state index is 4.14. The summed E-state index contributed by atoms with van der Waals surface area (Å²) in [6.45, 7) is 9.48. The summed E-state index contributed by atoms with van der Waals surface area (Å²) < 4.78 is 0. The van der Waals surface area contributed by atoms with Gasteiger partial charge in [-0.2, -0.15) is 0 Å². The van der Waals surface area contributed by atoms with Crippen molar-refractivity contribution in [1.29, 1.82) is 0 Å². The molecule has 1 aromatic rings. The lowest BCUT2D eigenvalue weighted by molar-refractivity contribution is 0.424. The van der Waals surface area contributed by atoms with Gasteiger partial charge in [-0.1, -0.05) is 13.8 Å². The minimum atomic E-state index is 0.545. The van der Waals surface area contributed by atoms with Crippen molar-refractivity contribution >= 4 is 0 Å².